The summed E-state index contributed by atoms with van der Waals surface area (Å²) >= 11 is 0. The molecule has 1 atom stereocenters. The third-order valence-electron chi connectivity index (χ3n) is 6.99. The molecule has 1 aliphatic carbocycles. The molecule has 0 bridgehead atoms. The van der Waals surface area contributed by atoms with Gasteiger partial charge in [0.1, 0.15) is 12.4 Å². The number of amides is 2. The van der Waals surface area contributed by atoms with Gasteiger partial charge in [0.25, 0.3) is 5.91 Å². The first-order valence-corrected chi connectivity index (χ1v) is 11.6. The van der Waals surface area contributed by atoms with E-state index in [2.05, 4.69) is 17.9 Å². The number of ether oxygens (including phenoxy) is 1. The number of cyclic esters (lactones) is 1. The van der Waals surface area contributed by atoms with E-state index < -0.39 is 0 Å². The molecular weight excluding hydrogens is 404 g/mol. The minimum atomic E-state index is -0.336. The number of piperazine rings is 1. The Bertz CT molecular complexity index is 1010. The van der Waals surface area contributed by atoms with Crippen molar-refractivity contribution in [2.24, 2.45) is 0 Å². The fraction of sp³-hybridized carbons (Fsp3) is 0.480. The number of pyridine rings is 1. The van der Waals surface area contributed by atoms with Gasteiger partial charge in [-0.15, -0.1) is 0 Å². The molecule has 2 aromatic rings. The van der Waals surface area contributed by atoms with Crippen LogP contribution < -0.4 is 9.80 Å². The van der Waals surface area contributed by atoms with Gasteiger partial charge in [-0.3, -0.25) is 9.69 Å². The number of nitrogens with zero attached hydrogens (tertiary/aromatic N) is 4. The van der Waals surface area contributed by atoms with Crippen molar-refractivity contribution < 1.29 is 14.3 Å². The number of carbonyl (C=O) groups excluding carboxylic acids is 2. The Morgan fingerprint density at radius 3 is 2.38 bits per heavy atom. The molecule has 0 radical (unpaired) electrons. The second-order valence-corrected chi connectivity index (χ2v) is 9.16. The van der Waals surface area contributed by atoms with Gasteiger partial charge in [-0.2, -0.15) is 0 Å². The van der Waals surface area contributed by atoms with Gasteiger partial charge in [0.2, 0.25) is 0 Å². The lowest BCUT2D eigenvalue weighted by Gasteiger charge is -2.36. The molecule has 2 aliphatic heterocycles. The predicted octanol–water partition coefficient (Wildman–Crippen LogP) is 3.97. The van der Waals surface area contributed by atoms with E-state index >= 15 is 0 Å². The molecule has 3 aliphatic rings. The van der Waals surface area contributed by atoms with Gasteiger partial charge in [-0.1, -0.05) is 12.5 Å². The zero-order chi connectivity index (χ0) is 22.2. The third kappa shape index (κ3) is 3.80. The molecule has 2 saturated heterocycles. The summed E-state index contributed by atoms with van der Waals surface area (Å²) in [7, 11) is 0. The highest BCUT2D eigenvalue weighted by Gasteiger charge is 2.31. The van der Waals surface area contributed by atoms with E-state index in [4.69, 9.17) is 9.72 Å². The summed E-state index contributed by atoms with van der Waals surface area (Å²) in [5.41, 5.74) is 3.99. The molecule has 1 unspecified atom stereocenters. The lowest BCUT2D eigenvalue weighted by Crippen LogP contribution is -2.49. The van der Waals surface area contributed by atoms with Crippen LogP contribution in [0.2, 0.25) is 0 Å². The summed E-state index contributed by atoms with van der Waals surface area (Å²) in [6.07, 6.45) is 5.60. The van der Waals surface area contributed by atoms with Crippen LogP contribution in [-0.4, -0.2) is 60.7 Å². The molecule has 1 aromatic carbocycles. The van der Waals surface area contributed by atoms with Crippen molar-refractivity contribution in [2.45, 2.75) is 45.1 Å². The van der Waals surface area contributed by atoms with Crippen LogP contribution in [0.1, 0.15) is 53.6 Å². The van der Waals surface area contributed by atoms with E-state index in [-0.39, 0.29) is 18.0 Å². The molecule has 3 fully saturated rings. The first kappa shape index (κ1) is 20.8. The van der Waals surface area contributed by atoms with Crippen molar-refractivity contribution in [3.05, 3.63) is 53.2 Å². The summed E-state index contributed by atoms with van der Waals surface area (Å²) in [5.74, 6) is 1.75. The number of aryl methyl sites for hydroxylation is 1. The Kier molecular flexibility index (Phi) is 5.49. The quantitative estimate of drug-likeness (QED) is 0.729. The topological polar surface area (TPSA) is 66.0 Å². The van der Waals surface area contributed by atoms with Gasteiger partial charge in [0.15, 0.2) is 0 Å². The lowest BCUT2D eigenvalue weighted by atomic mass is 9.80. The van der Waals surface area contributed by atoms with Gasteiger partial charge >= 0.3 is 6.09 Å². The van der Waals surface area contributed by atoms with Crippen LogP contribution >= 0.6 is 0 Å². The SMILES string of the molecule is Cc1cc(C2CCC2)cnc1N1CCN(C(=O)c2ccc(N3C(=O)OCC3C)cc2)CC1. The summed E-state index contributed by atoms with van der Waals surface area (Å²) < 4.78 is 5.09. The number of hydrogen-bond acceptors (Lipinski definition) is 5. The van der Waals surface area contributed by atoms with Crippen LogP contribution in [-0.2, 0) is 4.74 Å². The highest BCUT2D eigenvalue weighted by molar-refractivity contribution is 5.96. The Morgan fingerprint density at radius 1 is 1.09 bits per heavy atom. The highest BCUT2D eigenvalue weighted by atomic mass is 16.6. The number of hydrogen-bond donors (Lipinski definition) is 0. The number of benzene rings is 1. The zero-order valence-corrected chi connectivity index (χ0v) is 18.8. The maximum atomic E-state index is 13.0. The minimum Gasteiger partial charge on any atom is -0.447 e. The van der Waals surface area contributed by atoms with Crippen molar-refractivity contribution in [3.63, 3.8) is 0 Å². The second-order valence-electron chi connectivity index (χ2n) is 9.16. The van der Waals surface area contributed by atoms with Crippen molar-refractivity contribution >= 4 is 23.5 Å². The standard InChI is InChI=1S/C25H30N4O3/c1-17-14-21(19-4-3-5-19)15-26-23(17)27-10-12-28(13-11-27)24(30)20-6-8-22(9-7-20)29-18(2)16-32-25(29)31/h6-9,14-15,18-19H,3-5,10-13,16H2,1-2H3. The van der Waals surface area contributed by atoms with Crippen molar-refractivity contribution in [3.8, 4) is 0 Å². The fourth-order valence-corrected chi connectivity index (χ4v) is 4.83. The molecule has 2 amide bonds. The van der Waals surface area contributed by atoms with Crippen LogP contribution in [0.3, 0.4) is 0 Å². The minimum absolute atomic E-state index is 0.00280. The van der Waals surface area contributed by atoms with Crippen LogP contribution in [0.25, 0.3) is 0 Å². The monoisotopic (exact) mass is 434 g/mol. The van der Waals surface area contributed by atoms with Crippen molar-refractivity contribution in [2.75, 3.05) is 42.6 Å². The lowest BCUT2D eigenvalue weighted by molar-refractivity contribution is 0.0746. The molecule has 1 saturated carbocycles. The average molecular weight is 435 g/mol. The molecule has 0 spiro atoms. The highest BCUT2D eigenvalue weighted by Crippen LogP contribution is 2.37. The van der Waals surface area contributed by atoms with Gasteiger partial charge in [0.05, 0.1) is 6.04 Å². The second kappa shape index (κ2) is 8.45. The van der Waals surface area contributed by atoms with Gasteiger partial charge in [-0.05, 0) is 68.0 Å². The van der Waals surface area contributed by atoms with Crippen molar-refractivity contribution in [1.82, 2.24) is 9.88 Å². The first-order valence-electron chi connectivity index (χ1n) is 11.6. The molecule has 168 valence electrons. The Hall–Kier alpha value is -3.09. The van der Waals surface area contributed by atoms with Gasteiger partial charge < -0.3 is 14.5 Å². The van der Waals surface area contributed by atoms with Crippen LogP contribution in [0, 0.1) is 6.92 Å². The van der Waals surface area contributed by atoms with Crippen LogP contribution in [0.15, 0.2) is 36.5 Å². The molecule has 0 N–H and O–H groups in total. The van der Waals surface area contributed by atoms with Crippen LogP contribution in [0.4, 0.5) is 16.3 Å². The summed E-state index contributed by atoms with van der Waals surface area (Å²) in [6.45, 7) is 7.36. The molecule has 1 aromatic heterocycles. The molecule has 7 nitrogen and oxygen atoms in total. The van der Waals surface area contributed by atoms with E-state index in [0.29, 0.717) is 31.2 Å². The van der Waals surface area contributed by atoms with E-state index in [1.54, 1.807) is 17.0 Å². The van der Waals surface area contributed by atoms with Gasteiger partial charge in [0, 0.05) is 43.6 Å². The number of rotatable bonds is 4. The summed E-state index contributed by atoms with van der Waals surface area (Å²) in [4.78, 5) is 35.5. The Labute approximate surface area is 189 Å². The number of anilines is 2. The maximum Gasteiger partial charge on any atom is 0.414 e. The molecule has 32 heavy (non-hydrogen) atoms. The molecule has 7 heteroatoms. The van der Waals surface area contributed by atoms with Crippen molar-refractivity contribution in [1.29, 1.82) is 0 Å². The molecular formula is C25H30N4O3. The molecule has 3 heterocycles. The summed E-state index contributed by atoms with van der Waals surface area (Å²) in [6, 6.07) is 9.53. The maximum absolute atomic E-state index is 13.0. The van der Waals surface area contributed by atoms with Gasteiger partial charge in [-0.25, -0.2) is 9.78 Å². The largest absolute Gasteiger partial charge is 0.447 e. The smallest absolute Gasteiger partial charge is 0.414 e. The molecule has 5 rings (SSSR count). The van der Waals surface area contributed by atoms with Crippen LogP contribution in [0.5, 0.6) is 0 Å². The van der Waals surface area contributed by atoms with E-state index in [1.807, 2.05) is 30.2 Å². The number of aromatic nitrogens is 1. The van der Waals surface area contributed by atoms with E-state index in [1.165, 1.54) is 30.4 Å². The average Bonchev–Trinajstić information content (AvgIpc) is 3.10. The van der Waals surface area contributed by atoms with E-state index in [0.717, 1.165) is 24.6 Å². The predicted molar refractivity (Wildman–Crippen MR) is 123 cm³/mol. The fourth-order valence-electron chi connectivity index (χ4n) is 4.83. The number of carbonyl (C=O) groups is 2. The first-order chi connectivity index (χ1) is 15.5. The Balaban J connectivity index is 1.21. The van der Waals surface area contributed by atoms with E-state index in [9.17, 15) is 9.59 Å². The normalized spacial score (nSPS) is 21.5. The summed E-state index contributed by atoms with van der Waals surface area (Å²) in [5, 5.41) is 0. The Morgan fingerprint density at radius 2 is 1.81 bits per heavy atom. The zero-order valence-electron chi connectivity index (χ0n) is 18.8. The third-order valence-corrected chi connectivity index (χ3v) is 6.99.